The van der Waals surface area contributed by atoms with Crippen LogP contribution in [-0.4, -0.2) is 11.3 Å². The molecule has 0 aliphatic carbocycles. The van der Waals surface area contributed by atoms with E-state index in [4.69, 9.17) is 0 Å². The van der Waals surface area contributed by atoms with E-state index in [1.165, 1.54) is 5.01 Å². The molecule has 4 heteroatoms. The van der Waals surface area contributed by atoms with E-state index in [0.717, 1.165) is 5.69 Å². The summed E-state index contributed by atoms with van der Waals surface area (Å²) in [6, 6.07) is 9.49. The summed E-state index contributed by atoms with van der Waals surface area (Å²) in [5.41, 5.74) is 0.913. The van der Waals surface area contributed by atoms with Gasteiger partial charge >= 0.3 is 0 Å². The second-order valence-corrected chi connectivity index (χ2v) is 2.33. The SMILES string of the molecule is CN(N=S=O)c1ccccc1. The zero-order chi connectivity index (χ0) is 8.10. The van der Waals surface area contributed by atoms with Crippen molar-refractivity contribution in [3.63, 3.8) is 0 Å². The maximum absolute atomic E-state index is 10.0. The number of nitrogens with zero attached hydrogens (tertiary/aromatic N) is 2. The van der Waals surface area contributed by atoms with Crippen LogP contribution in [0.4, 0.5) is 5.69 Å². The Morgan fingerprint density at radius 3 is 2.55 bits per heavy atom. The van der Waals surface area contributed by atoms with Gasteiger partial charge in [-0.25, -0.2) is 0 Å². The highest BCUT2D eigenvalue weighted by Crippen LogP contribution is 2.09. The number of anilines is 1. The summed E-state index contributed by atoms with van der Waals surface area (Å²) in [6.45, 7) is 0. The van der Waals surface area contributed by atoms with Crippen molar-refractivity contribution in [3.05, 3.63) is 30.3 Å². The molecule has 0 aliphatic heterocycles. The van der Waals surface area contributed by atoms with Crippen LogP contribution in [0.2, 0.25) is 0 Å². The molecule has 0 aliphatic rings. The molecule has 1 rings (SSSR count). The standard InChI is InChI=1S/C7H8N2OS/c1-9(8-11-10)7-5-3-2-4-6-7/h2-6H,1H3. The van der Waals surface area contributed by atoms with Crippen LogP contribution in [0.15, 0.2) is 34.8 Å². The first-order chi connectivity index (χ1) is 5.34. The lowest BCUT2D eigenvalue weighted by molar-refractivity contribution is 0.696. The lowest BCUT2D eigenvalue weighted by Gasteiger charge is -2.08. The van der Waals surface area contributed by atoms with Gasteiger partial charge in [0.15, 0.2) is 0 Å². The van der Waals surface area contributed by atoms with E-state index in [1.54, 1.807) is 7.05 Å². The Morgan fingerprint density at radius 1 is 1.36 bits per heavy atom. The van der Waals surface area contributed by atoms with Crippen LogP contribution in [0.1, 0.15) is 0 Å². The fourth-order valence-electron chi connectivity index (χ4n) is 0.741. The van der Waals surface area contributed by atoms with Crippen LogP contribution in [0, 0.1) is 0 Å². The Kier molecular flexibility index (Phi) is 2.80. The van der Waals surface area contributed by atoms with Gasteiger partial charge in [0.05, 0.1) is 5.69 Å². The van der Waals surface area contributed by atoms with E-state index in [2.05, 4.69) is 4.47 Å². The molecule has 0 heterocycles. The molecule has 0 N–H and O–H groups in total. The van der Waals surface area contributed by atoms with Gasteiger partial charge in [-0.15, -0.1) is 0 Å². The van der Waals surface area contributed by atoms with Crippen molar-refractivity contribution in [3.8, 4) is 0 Å². The molecule has 0 spiro atoms. The summed E-state index contributed by atoms with van der Waals surface area (Å²) in [7, 11) is 1.74. The van der Waals surface area contributed by atoms with E-state index in [0.29, 0.717) is 0 Å². The molecule has 0 amide bonds. The molecular weight excluding hydrogens is 160 g/mol. The smallest absolute Gasteiger partial charge is 0.223 e. The monoisotopic (exact) mass is 168 g/mol. The van der Waals surface area contributed by atoms with Gasteiger partial charge in [0.2, 0.25) is 11.5 Å². The third kappa shape index (κ3) is 2.16. The Morgan fingerprint density at radius 2 is 2.00 bits per heavy atom. The third-order valence-electron chi connectivity index (χ3n) is 1.29. The topological polar surface area (TPSA) is 32.7 Å². The average molecular weight is 168 g/mol. The maximum atomic E-state index is 10.0. The molecule has 0 saturated carbocycles. The molecule has 0 radical (unpaired) electrons. The van der Waals surface area contributed by atoms with Gasteiger partial charge in [-0.05, 0) is 12.1 Å². The highest BCUT2D eigenvalue weighted by atomic mass is 32.1. The van der Waals surface area contributed by atoms with E-state index < -0.39 is 0 Å². The number of hydrogen-bond acceptors (Lipinski definition) is 2. The van der Waals surface area contributed by atoms with Crippen molar-refractivity contribution in [2.45, 2.75) is 0 Å². The lowest BCUT2D eigenvalue weighted by Crippen LogP contribution is -2.06. The largest absolute Gasteiger partial charge is 0.255 e. The first-order valence-electron chi connectivity index (χ1n) is 3.13. The van der Waals surface area contributed by atoms with Crippen molar-refractivity contribution in [1.82, 2.24) is 0 Å². The third-order valence-corrected chi connectivity index (χ3v) is 1.60. The number of para-hydroxylation sites is 1. The molecule has 0 atom stereocenters. The summed E-state index contributed by atoms with van der Waals surface area (Å²) in [5, 5.41) is 1.54. The second kappa shape index (κ2) is 3.88. The quantitative estimate of drug-likeness (QED) is 0.626. The molecule has 1 aromatic rings. The van der Waals surface area contributed by atoms with Crippen LogP contribution in [0.25, 0.3) is 0 Å². The van der Waals surface area contributed by atoms with Crippen LogP contribution in [-0.2, 0) is 11.5 Å². The van der Waals surface area contributed by atoms with E-state index in [-0.39, 0.29) is 11.5 Å². The molecule has 1 aromatic carbocycles. The van der Waals surface area contributed by atoms with Gasteiger partial charge in [0, 0.05) is 7.05 Å². The van der Waals surface area contributed by atoms with Gasteiger partial charge in [-0.2, -0.15) is 4.21 Å². The van der Waals surface area contributed by atoms with Gasteiger partial charge in [0.1, 0.15) is 0 Å². The van der Waals surface area contributed by atoms with Crippen molar-refractivity contribution >= 4 is 17.2 Å². The van der Waals surface area contributed by atoms with Crippen LogP contribution in [0.3, 0.4) is 0 Å². The zero-order valence-electron chi connectivity index (χ0n) is 6.10. The summed E-state index contributed by atoms with van der Waals surface area (Å²) in [6.07, 6.45) is 0. The predicted octanol–water partition coefficient (Wildman–Crippen LogP) is 1.43. The van der Waals surface area contributed by atoms with Crippen LogP contribution in [0.5, 0.6) is 0 Å². The molecule has 0 aromatic heterocycles. The summed E-state index contributed by atoms with van der Waals surface area (Å²) >= 11 is 0.205. The number of benzene rings is 1. The average Bonchev–Trinajstić information content (AvgIpc) is 2.07. The summed E-state index contributed by atoms with van der Waals surface area (Å²) in [4.78, 5) is 0. The molecule has 58 valence electrons. The highest BCUT2D eigenvalue weighted by Gasteiger charge is 1.93. The van der Waals surface area contributed by atoms with Gasteiger partial charge in [-0.1, -0.05) is 22.7 Å². The Hall–Kier alpha value is -1.16. The highest BCUT2D eigenvalue weighted by molar-refractivity contribution is 7.54. The van der Waals surface area contributed by atoms with Crippen LogP contribution < -0.4 is 5.01 Å². The molecule has 0 fully saturated rings. The fourth-order valence-corrected chi connectivity index (χ4v) is 0.935. The minimum absolute atomic E-state index is 0.205. The summed E-state index contributed by atoms with van der Waals surface area (Å²) < 4.78 is 13.6. The molecule has 0 bridgehead atoms. The predicted molar refractivity (Wildman–Crippen MR) is 45.4 cm³/mol. The fraction of sp³-hybridized carbons (Fsp3) is 0.143. The minimum atomic E-state index is 0.205. The second-order valence-electron chi connectivity index (χ2n) is 2.02. The minimum Gasteiger partial charge on any atom is -0.255 e. The maximum Gasteiger partial charge on any atom is 0.223 e. The lowest BCUT2D eigenvalue weighted by atomic mass is 10.3. The molecule has 0 saturated heterocycles. The zero-order valence-corrected chi connectivity index (χ0v) is 6.91. The number of hydrogen-bond donors (Lipinski definition) is 0. The van der Waals surface area contributed by atoms with Crippen LogP contribution >= 0.6 is 0 Å². The van der Waals surface area contributed by atoms with Gasteiger partial charge in [0.25, 0.3) is 0 Å². The van der Waals surface area contributed by atoms with Gasteiger partial charge in [-0.3, -0.25) is 5.01 Å². The molecular formula is C7H8N2OS. The summed E-state index contributed by atoms with van der Waals surface area (Å²) in [5.74, 6) is 0. The molecule has 3 nitrogen and oxygen atoms in total. The van der Waals surface area contributed by atoms with Gasteiger partial charge < -0.3 is 0 Å². The van der Waals surface area contributed by atoms with E-state index >= 15 is 0 Å². The molecule has 11 heavy (non-hydrogen) atoms. The first-order valence-corrected chi connectivity index (χ1v) is 3.83. The van der Waals surface area contributed by atoms with E-state index in [1.807, 2.05) is 30.3 Å². The molecule has 0 unspecified atom stereocenters. The number of rotatable bonds is 2. The Bertz CT molecular complexity index is 269. The Labute approximate surface area is 68.9 Å². The first kappa shape index (κ1) is 7.94. The van der Waals surface area contributed by atoms with Crippen molar-refractivity contribution < 1.29 is 4.21 Å². The van der Waals surface area contributed by atoms with E-state index in [9.17, 15) is 4.21 Å². The Balaban J connectivity index is 2.84. The van der Waals surface area contributed by atoms with Crippen molar-refractivity contribution in [2.24, 2.45) is 4.47 Å². The van der Waals surface area contributed by atoms with Crippen molar-refractivity contribution in [2.75, 3.05) is 12.1 Å². The van der Waals surface area contributed by atoms with Crippen molar-refractivity contribution in [1.29, 1.82) is 0 Å². The normalized spacial score (nSPS) is 8.82.